The van der Waals surface area contributed by atoms with E-state index in [0.717, 1.165) is 23.7 Å². The highest BCUT2D eigenvalue weighted by Gasteiger charge is 2.61. The molecule has 2 heteroatoms. The Morgan fingerprint density at radius 3 is 2.02 bits per heavy atom. The second-order valence-electron chi connectivity index (χ2n) is 15.3. The minimum Gasteiger partial charge on any atom is -0.309 e. The van der Waals surface area contributed by atoms with E-state index in [1.807, 2.05) is 11.3 Å². The van der Waals surface area contributed by atoms with Crippen LogP contribution in [0.25, 0.3) is 69.9 Å². The fourth-order valence-corrected chi connectivity index (χ4v) is 12.8. The molecule has 1 nitrogen and oxygen atoms in total. The molecular weight excluding hydrogens is 599 g/mol. The van der Waals surface area contributed by atoms with E-state index in [9.17, 15) is 0 Å². The van der Waals surface area contributed by atoms with E-state index in [2.05, 4.69) is 132 Å². The lowest BCUT2D eigenvalue weighted by atomic mass is 9.43. The van der Waals surface area contributed by atoms with Crippen LogP contribution in [0.1, 0.15) is 43.2 Å². The number of nitrogens with zero attached hydrogens (tertiary/aromatic N) is 1. The van der Waals surface area contributed by atoms with Gasteiger partial charge in [0.05, 0.1) is 11.0 Å². The van der Waals surface area contributed by atoms with Crippen LogP contribution in [0.5, 0.6) is 0 Å². The van der Waals surface area contributed by atoms with E-state index in [-0.39, 0.29) is 5.41 Å². The van der Waals surface area contributed by atoms with Crippen molar-refractivity contribution in [2.24, 2.45) is 23.7 Å². The van der Waals surface area contributed by atoms with Gasteiger partial charge in [-0.1, -0.05) is 84.9 Å². The van der Waals surface area contributed by atoms with E-state index < -0.39 is 0 Å². The van der Waals surface area contributed by atoms with Crippen molar-refractivity contribution in [3.8, 4) is 27.9 Å². The normalized spacial score (nSPS) is 25.2. The average molecular weight is 634 g/mol. The standard InChI is InChI=1S/C46H35NS/c1-4-10-40-34(7-1)38-26-33(15-17-41(38)46(40)31-20-27-19-28(22-31)23-32(46)21-27)47-42-11-5-2-8-35(42)39-24-29(14-18-43(39)47)30-13-16-37-36-9-3-6-12-44(36)48-45(37)25-30/h1-18,24-28,31-32H,19-23H2. The van der Waals surface area contributed by atoms with Crippen LogP contribution in [0.2, 0.25) is 0 Å². The quantitative estimate of drug-likeness (QED) is 0.178. The number of para-hydroxylation sites is 1. The Hall–Kier alpha value is -4.66. The van der Waals surface area contributed by atoms with Gasteiger partial charge in [0.25, 0.3) is 0 Å². The molecule has 1 spiro atoms. The van der Waals surface area contributed by atoms with Gasteiger partial charge in [-0.2, -0.15) is 0 Å². The summed E-state index contributed by atoms with van der Waals surface area (Å²) in [6, 6.07) is 48.9. The van der Waals surface area contributed by atoms with Crippen LogP contribution < -0.4 is 0 Å². The van der Waals surface area contributed by atoms with Crippen molar-refractivity contribution in [2.45, 2.75) is 37.5 Å². The Kier molecular flexibility index (Phi) is 5.08. The Balaban J connectivity index is 1.04. The first kappa shape index (κ1) is 26.3. The molecule has 0 amide bonds. The third kappa shape index (κ3) is 3.27. The van der Waals surface area contributed by atoms with Gasteiger partial charge in [0.15, 0.2) is 0 Å². The molecule has 48 heavy (non-hydrogen) atoms. The molecule has 0 atom stereocenters. The molecule has 0 aliphatic heterocycles. The fraction of sp³-hybridized carbons (Fsp3) is 0.217. The molecule has 0 saturated heterocycles. The van der Waals surface area contributed by atoms with Crippen molar-refractivity contribution in [2.75, 3.05) is 0 Å². The molecule has 5 aliphatic carbocycles. The molecule has 2 aromatic heterocycles. The minimum atomic E-state index is 0.211. The van der Waals surface area contributed by atoms with Gasteiger partial charge in [-0.15, -0.1) is 11.3 Å². The van der Waals surface area contributed by atoms with Crippen molar-refractivity contribution in [3.63, 3.8) is 0 Å². The Bertz CT molecular complexity index is 2620. The molecule has 4 bridgehead atoms. The number of thiophene rings is 1. The van der Waals surface area contributed by atoms with Gasteiger partial charge in [0, 0.05) is 42.0 Å². The molecule has 8 aromatic rings. The van der Waals surface area contributed by atoms with Crippen molar-refractivity contribution in [3.05, 3.63) is 139 Å². The molecule has 4 fully saturated rings. The molecule has 4 saturated carbocycles. The molecular formula is C46H35NS. The summed E-state index contributed by atoms with van der Waals surface area (Å²) in [6.07, 6.45) is 7.19. The summed E-state index contributed by atoms with van der Waals surface area (Å²) < 4.78 is 5.23. The van der Waals surface area contributed by atoms with Crippen molar-refractivity contribution >= 4 is 53.3 Å². The first-order valence-corrected chi connectivity index (χ1v) is 18.8. The summed E-state index contributed by atoms with van der Waals surface area (Å²) in [7, 11) is 0. The maximum Gasteiger partial charge on any atom is 0.0541 e. The molecule has 5 aliphatic rings. The van der Waals surface area contributed by atoms with Crippen molar-refractivity contribution in [1.29, 1.82) is 0 Å². The zero-order valence-electron chi connectivity index (χ0n) is 26.8. The molecule has 6 aromatic carbocycles. The smallest absolute Gasteiger partial charge is 0.0541 e. The van der Waals surface area contributed by atoms with Crippen LogP contribution >= 0.6 is 11.3 Å². The van der Waals surface area contributed by atoms with Crippen molar-refractivity contribution < 1.29 is 0 Å². The maximum atomic E-state index is 2.56. The van der Waals surface area contributed by atoms with E-state index in [4.69, 9.17) is 0 Å². The highest BCUT2D eigenvalue weighted by Crippen LogP contribution is 2.69. The van der Waals surface area contributed by atoms with Crippen LogP contribution in [-0.2, 0) is 5.41 Å². The molecule has 0 radical (unpaired) electrons. The summed E-state index contributed by atoms with van der Waals surface area (Å²) in [6.45, 7) is 0. The van der Waals surface area contributed by atoms with E-state index in [1.165, 1.54) is 102 Å². The zero-order chi connectivity index (χ0) is 31.1. The Labute approximate surface area is 284 Å². The van der Waals surface area contributed by atoms with Gasteiger partial charge in [-0.25, -0.2) is 0 Å². The minimum absolute atomic E-state index is 0.211. The summed E-state index contributed by atoms with van der Waals surface area (Å²) >= 11 is 1.89. The van der Waals surface area contributed by atoms with Gasteiger partial charge in [0.2, 0.25) is 0 Å². The van der Waals surface area contributed by atoms with Crippen LogP contribution in [0.15, 0.2) is 127 Å². The summed E-state index contributed by atoms with van der Waals surface area (Å²) in [5.41, 5.74) is 12.8. The molecule has 230 valence electrons. The molecule has 0 N–H and O–H groups in total. The van der Waals surface area contributed by atoms with Gasteiger partial charge < -0.3 is 4.57 Å². The van der Waals surface area contributed by atoms with Gasteiger partial charge in [-0.05, 0) is 132 Å². The lowest BCUT2D eigenvalue weighted by Crippen LogP contribution is -2.55. The number of hydrogen-bond donors (Lipinski definition) is 0. The predicted molar refractivity (Wildman–Crippen MR) is 202 cm³/mol. The van der Waals surface area contributed by atoms with Crippen LogP contribution in [0.4, 0.5) is 0 Å². The fourth-order valence-electron chi connectivity index (χ4n) is 11.6. The topological polar surface area (TPSA) is 4.93 Å². The SMILES string of the molecule is c1ccc2c(c1)-c1cc(-n3c4ccccc4c4cc(-c5ccc6c(c5)sc5ccccc56)ccc43)ccc1C21C2CC3CC(C2)CC1C3. The lowest BCUT2D eigenvalue weighted by Gasteiger charge is -2.61. The number of benzene rings is 6. The van der Waals surface area contributed by atoms with Crippen LogP contribution in [0, 0.1) is 23.7 Å². The summed E-state index contributed by atoms with van der Waals surface area (Å²) in [5.74, 6) is 3.51. The van der Waals surface area contributed by atoms with Gasteiger partial charge in [-0.3, -0.25) is 0 Å². The lowest BCUT2D eigenvalue weighted by molar-refractivity contribution is -0.0399. The average Bonchev–Trinajstić information content (AvgIpc) is 3.76. The number of hydrogen-bond acceptors (Lipinski definition) is 1. The first-order chi connectivity index (χ1) is 23.7. The first-order valence-electron chi connectivity index (χ1n) is 17.9. The van der Waals surface area contributed by atoms with E-state index in [1.54, 1.807) is 11.1 Å². The number of fused-ring (bicyclic) bond motifs is 9. The third-order valence-electron chi connectivity index (χ3n) is 13.2. The largest absolute Gasteiger partial charge is 0.309 e. The van der Waals surface area contributed by atoms with E-state index >= 15 is 0 Å². The molecule has 2 heterocycles. The van der Waals surface area contributed by atoms with Crippen LogP contribution in [0.3, 0.4) is 0 Å². The third-order valence-corrected chi connectivity index (χ3v) is 14.3. The Morgan fingerprint density at radius 2 is 1.15 bits per heavy atom. The second-order valence-corrected chi connectivity index (χ2v) is 16.4. The Morgan fingerprint density at radius 1 is 0.479 bits per heavy atom. The van der Waals surface area contributed by atoms with Crippen molar-refractivity contribution in [1.82, 2.24) is 4.57 Å². The highest BCUT2D eigenvalue weighted by atomic mass is 32.1. The van der Waals surface area contributed by atoms with Gasteiger partial charge >= 0.3 is 0 Å². The zero-order valence-corrected chi connectivity index (χ0v) is 27.6. The molecule has 0 unspecified atom stereocenters. The van der Waals surface area contributed by atoms with Crippen LogP contribution in [-0.4, -0.2) is 4.57 Å². The summed E-state index contributed by atoms with van der Waals surface area (Å²) in [4.78, 5) is 0. The monoisotopic (exact) mass is 633 g/mol. The summed E-state index contributed by atoms with van der Waals surface area (Å²) in [5, 5.41) is 5.34. The number of aromatic nitrogens is 1. The maximum absolute atomic E-state index is 2.56. The van der Waals surface area contributed by atoms with Gasteiger partial charge in [0.1, 0.15) is 0 Å². The molecule has 13 rings (SSSR count). The second kappa shape index (κ2) is 9.27. The highest BCUT2D eigenvalue weighted by molar-refractivity contribution is 7.25. The number of rotatable bonds is 2. The van der Waals surface area contributed by atoms with E-state index in [0.29, 0.717) is 0 Å². The predicted octanol–water partition coefficient (Wildman–Crippen LogP) is 12.5.